The second-order valence-corrected chi connectivity index (χ2v) is 5.18. The van der Waals surface area contributed by atoms with E-state index in [-0.39, 0.29) is 6.04 Å². The molecule has 2 aromatic carbocycles. The van der Waals surface area contributed by atoms with Gasteiger partial charge in [0.25, 0.3) is 0 Å². The second-order valence-electron chi connectivity index (χ2n) is 4.75. The summed E-state index contributed by atoms with van der Waals surface area (Å²) in [6, 6.07) is 13.7. The average molecular weight is 276 g/mol. The third kappa shape index (κ3) is 3.72. The van der Waals surface area contributed by atoms with Crippen molar-refractivity contribution in [2.75, 3.05) is 0 Å². The van der Waals surface area contributed by atoms with Crippen molar-refractivity contribution in [3.8, 4) is 5.75 Å². The molecule has 0 aromatic heterocycles. The first-order valence-corrected chi connectivity index (χ1v) is 6.67. The third-order valence-corrected chi connectivity index (χ3v) is 3.21. The van der Waals surface area contributed by atoms with Gasteiger partial charge in [-0.25, -0.2) is 0 Å². The van der Waals surface area contributed by atoms with E-state index in [0.717, 1.165) is 16.9 Å². The molecule has 0 amide bonds. The van der Waals surface area contributed by atoms with Gasteiger partial charge in [-0.2, -0.15) is 0 Å². The third-order valence-electron chi connectivity index (χ3n) is 2.98. The van der Waals surface area contributed by atoms with Crippen molar-refractivity contribution >= 4 is 11.6 Å². The summed E-state index contributed by atoms with van der Waals surface area (Å²) in [7, 11) is 0. The molecule has 0 saturated heterocycles. The number of hydrogen-bond donors (Lipinski definition) is 1. The van der Waals surface area contributed by atoms with Gasteiger partial charge in [0.15, 0.2) is 0 Å². The summed E-state index contributed by atoms with van der Waals surface area (Å²) in [5, 5.41) is 0.676. The molecule has 2 aromatic rings. The van der Waals surface area contributed by atoms with Gasteiger partial charge in [0.2, 0.25) is 0 Å². The van der Waals surface area contributed by atoms with Crippen LogP contribution in [0.25, 0.3) is 0 Å². The Morgan fingerprint density at radius 3 is 2.47 bits per heavy atom. The normalized spacial score (nSPS) is 12.2. The van der Waals surface area contributed by atoms with E-state index in [1.807, 2.05) is 25.1 Å². The van der Waals surface area contributed by atoms with Crippen LogP contribution in [0.15, 0.2) is 42.5 Å². The summed E-state index contributed by atoms with van der Waals surface area (Å²) in [4.78, 5) is 0. The Labute approximate surface area is 119 Å². The SMILES string of the molecule is Cc1ccc(COc2ccc(Cl)cc2C(C)N)cc1. The average Bonchev–Trinajstić information content (AvgIpc) is 2.39. The molecule has 0 bridgehead atoms. The van der Waals surface area contributed by atoms with Gasteiger partial charge >= 0.3 is 0 Å². The summed E-state index contributed by atoms with van der Waals surface area (Å²) in [6.07, 6.45) is 0. The largest absolute Gasteiger partial charge is 0.489 e. The summed E-state index contributed by atoms with van der Waals surface area (Å²) in [5.74, 6) is 0.792. The zero-order chi connectivity index (χ0) is 13.8. The van der Waals surface area contributed by atoms with Gasteiger partial charge < -0.3 is 10.5 Å². The minimum Gasteiger partial charge on any atom is -0.489 e. The fourth-order valence-corrected chi connectivity index (χ4v) is 2.03. The maximum Gasteiger partial charge on any atom is 0.124 e. The van der Waals surface area contributed by atoms with Gasteiger partial charge in [-0.3, -0.25) is 0 Å². The molecule has 100 valence electrons. The molecule has 0 heterocycles. The maximum absolute atomic E-state index is 5.98. The monoisotopic (exact) mass is 275 g/mol. The van der Waals surface area contributed by atoms with Gasteiger partial charge in [-0.1, -0.05) is 41.4 Å². The lowest BCUT2D eigenvalue weighted by Gasteiger charge is -2.14. The van der Waals surface area contributed by atoms with Crippen LogP contribution in [0.5, 0.6) is 5.75 Å². The molecular formula is C16H18ClNO. The molecule has 0 aliphatic carbocycles. The summed E-state index contributed by atoms with van der Waals surface area (Å²) in [5.41, 5.74) is 9.24. The number of rotatable bonds is 4. The van der Waals surface area contributed by atoms with E-state index >= 15 is 0 Å². The molecule has 2 rings (SSSR count). The van der Waals surface area contributed by atoms with Crippen LogP contribution >= 0.6 is 11.6 Å². The van der Waals surface area contributed by atoms with E-state index in [9.17, 15) is 0 Å². The van der Waals surface area contributed by atoms with Crippen molar-refractivity contribution in [3.05, 3.63) is 64.2 Å². The van der Waals surface area contributed by atoms with E-state index in [0.29, 0.717) is 11.6 Å². The molecule has 0 aliphatic rings. The highest BCUT2D eigenvalue weighted by Gasteiger charge is 2.09. The van der Waals surface area contributed by atoms with Crippen molar-refractivity contribution in [2.24, 2.45) is 5.73 Å². The lowest BCUT2D eigenvalue weighted by Crippen LogP contribution is -2.08. The van der Waals surface area contributed by atoms with Gasteiger partial charge in [-0.05, 0) is 37.6 Å². The van der Waals surface area contributed by atoms with Crippen LogP contribution in [0, 0.1) is 6.92 Å². The molecule has 0 saturated carbocycles. The topological polar surface area (TPSA) is 35.2 Å². The van der Waals surface area contributed by atoms with Gasteiger partial charge in [0.05, 0.1) is 0 Å². The van der Waals surface area contributed by atoms with Crippen molar-refractivity contribution in [1.82, 2.24) is 0 Å². The van der Waals surface area contributed by atoms with E-state index in [1.54, 1.807) is 0 Å². The van der Waals surface area contributed by atoms with Crippen molar-refractivity contribution in [1.29, 1.82) is 0 Å². The minimum atomic E-state index is -0.105. The first kappa shape index (κ1) is 13.9. The van der Waals surface area contributed by atoms with Crippen molar-refractivity contribution in [3.63, 3.8) is 0 Å². The molecule has 19 heavy (non-hydrogen) atoms. The fraction of sp³-hybridized carbons (Fsp3) is 0.250. The highest BCUT2D eigenvalue weighted by molar-refractivity contribution is 6.30. The van der Waals surface area contributed by atoms with Crippen LogP contribution < -0.4 is 10.5 Å². The first-order chi connectivity index (χ1) is 9.06. The van der Waals surface area contributed by atoms with Crippen LogP contribution in [-0.4, -0.2) is 0 Å². The van der Waals surface area contributed by atoms with E-state index in [2.05, 4.69) is 31.2 Å². The Hall–Kier alpha value is -1.51. The van der Waals surface area contributed by atoms with E-state index in [1.165, 1.54) is 5.56 Å². The van der Waals surface area contributed by atoms with Crippen LogP contribution in [0.4, 0.5) is 0 Å². The van der Waals surface area contributed by atoms with Gasteiger partial charge in [0, 0.05) is 16.6 Å². The molecule has 2 N–H and O–H groups in total. The van der Waals surface area contributed by atoms with Crippen LogP contribution in [-0.2, 0) is 6.61 Å². The maximum atomic E-state index is 5.98. The molecule has 1 atom stereocenters. The summed E-state index contributed by atoms with van der Waals surface area (Å²) < 4.78 is 5.84. The zero-order valence-corrected chi connectivity index (χ0v) is 11.9. The number of halogens is 1. The molecule has 2 nitrogen and oxygen atoms in total. The number of aryl methyl sites for hydroxylation is 1. The lowest BCUT2D eigenvalue weighted by molar-refractivity contribution is 0.301. The molecule has 0 spiro atoms. The van der Waals surface area contributed by atoms with E-state index < -0.39 is 0 Å². The molecular weight excluding hydrogens is 258 g/mol. The van der Waals surface area contributed by atoms with E-state index in [4.69, 9.17) is 22.1 Å². The lowest BCUT2D eigenvalue weighted by atomic mass is 10.1. The highest BCUT2D eigenvalue weighted by atomic mass is 35.5. The van der Waals surface area contributed by atoms with Crippen LogP contribution in [0.1, 0.15) is 29.7 Å². The standard InChI is InChI=1S/C16H18ClNO/c1-11-3-5-13(6-4-11)10-19-16-8-7-14(17)9-15(16)12(2)18/h3-9,12H,10,18H2,1-2H3. The summed E-state index contributed by atoms with van der Waals surface area (Å²) in [6.45, 7) is 4.52. The predicted octanol–water partition coefficient (Wildman–Crippen LogP) is 4.25. The Morgan fingerprint density at radius 2 is 1.84 bits per heavy atom. The predicted molar refractivity (Wildman–Crippen MR) is 79.6 cm³/mol. The molecule has 0 fully saturated rings. The fourth-order valence-electron chi connectivity index (χ4n) is 1.85. The molecule has 1 unspecified atom stereocenters. The smallest absolute Gasteiger partial charge is 0.124 e. The number of hydrogen-bond acceptors (Lipinski definition) is 2. The highest BCUT2D eigenvalue weighted by Crippen LogP contribution is 2.27. The number of nitrogens with two attached hydrogens (primary N) is 1. The van der Waals surface area contributed by atoms with Crippen LogP contribution in [0.3, 0.4) is 0 Å². The number of benzene rings is 2. The van der Waals surface area contributed by atoms with Crippen LogP contribution in [0.2, 0.25) is 5.02 Å². The van der Waals surface area contributed by atoms with Crippen molar-refractivity contribution in [2.45, 2.75) is 26.5 Å². The Morgan fingerprint density at radius 1 is 1.16 bits per heavy atom. The quantitative estimate of drug-likeness (QED) is 0.905. The Balaban J connectivity index is 2.13. The number of ether oxygens (including phenoxy) is 1. The molecule has 3 heteroatoms. The second kappa shape index (κ2) is 6.09. The Bertz CT molecular complexity index is 549. The first-order valence-electron chi connectivity index (χ1n) is 6.29. The Kier molecular flexibility index (Phi) is 4.46. The minimum absolute atomic E-state index is 0.105. The molecule has 0 radical (unpaired) electrons. The molecule has 0 aliphatic heterocycles. The zero-order valence-electron chi connectivity index (χ0n) is 11.2. The van der Waals surface area contributed by atoms with Gasteiger partial charge in [0.1, 0.15) is 12.4 Å². The van der Waals surface area contributed by atoms with Crippen molar-refractivity contribution < 1.29 is 4.74 Å². The van der Waals surface area contributed by atoms with Gasteiger partial charge in [-0.15, -0.1) is 0 Å². The summed E-state index contributed by atoms with van der Waals surface area (Å²) >= 11 is 5.98.